The van der Waals surface area contributed by atoms with Crippen molar-refractivity contribution in [3.63, 3.8) is 0 Å². The molecule has 0 aromatic carbocycles. The van der Waals surface area contributed by atoms with Gasteiger partial charge in [-0.25, -0.2) is 0 Å². The molecule has 0 aliphatic carbocycles. The summed E-state index contributed by atoms with van der Waals surface area (Å²) in [6.45, 7) is 11.8. The molecule has 0 atom stereocenters. The molecular weight excluding hydrogens is 110 g/mol. The van der Waals surface area contributed by atoms with Crippen LogP contribution in [0.1, 0.15) is 27.7 Å². The van der Waals surface area contributed by atoms with Crippen LogP contribution in [0.2, 0.25) is 0 Å². The fraction of sp³-hybridized carbons (Fsp3) is 0.625. The minimum Gasteiger partial charge on any atom is -0.287 e. The summed E-state index contributed by atoms with van der Waals surface area (Å²) >= 11 is 0. The standard InChI is InChI=1S/C8H15N/c1-6-9-8(4,5)7(2)3/h6H,2H2,1,3-5H3. The summed E-state index contributed by atoms with van der Waals surface area (Å²) in [4.78, 5) is 4.23. The first kappa shape index (κ1) is 8.41. The van der Waals surface area contributed by atoms with Crippen molar-refractivity contribution in [2.24, 2.45) is 4.99 Å². The van der Waals surface area contributed by atoms with E-state index in [1.54, 1.807) is 0 Å². The Kier molecular flexibility index (Phi) is 2.63. The van der Waals surface area contributed by atoms with Gasteiger partial charge in [-0.15, -0.1) is 0 Å². The Balaban J connectivity index is 4.19. The molecule has 0 N–H and O–H groups in total. The maximum Gasteiger partial charge on any atom is 0.0751 e. The molecule has 0 amide bonds. The van der Waals surface area contributed by atoms with Crippen LogP contribution >= 0.6 is 0 Å². The van der Waals surface area contributed by atoms with Gasteiger partial charge in [0.15, 0.2) is 0 Å². The van der Waals surface area contributed by atoms with E-state index < -0.39 is 0 Å². The van der Waals surface area contributed by atoms with Gasteiger partial charge < -0.3 is 0 Å². The number of rotatable bonds is 2. The van der Waals surface area contributed by atoms with Crippen LogP contribution in [0.25, 0.3) is 0 Å². The summed E-state index contributed by atoms with van der Waals surface area (Å²) in [5.74, 6) is 0. The number of aliphatic imine (C=N–C) groups is 1. The van der Waals surface area contributed by atoms with Gasteiger partial charge in [-0.05, 0) is 33.9 Å². The van der Waals surface area contributed by atoms with Gasteiger partial charge in [0.1, 0.15) is 0 Å². The summed E-state index contributed by atoms with van der Waals surface area (Å²) in [5, 5.41) is 0. The van der Waals surface area contributed by atoms with Gasteiger partial charge in [0.05, 0.1) is 5.54 Å². The predicted molar refractivity (Wildman–Crippen MR) is 43.1 cm³/mol. The Morgan fingerprint density at radius 3 is 2.11 bits per heavy atom. The zero-order valence-electron chi connectivity index (χ0n) is 6.73. The lowest BCUT2D eigenvalue weighted by atomic mass is 9.98. The molecule has 9 heavy (non-hydrogen) atoms. The average molecular weight is 125 g/mol. The normalized spacial score (nSPS) is 12.4. The lowest BCUT2D eigenvalue weighted by Gasteiger charge is -2.18. The smallest absolute Gasteiger partial charge is 0.0751 e. The Labute approximate surface area is 57.5 Å². The van der Waals surface area contributed by atoms with E-state index in [-0.39, 0.29) is 5.54 Å². The molecule has 0 heterocycles. The first-order chi connectivity index (χ1) is 4.00. The molecule has 1 nitrogen and oxygen atoms in total. The minimum absolute atomic E-state index is 0.0747. The van der Waals surface area contributed by atoms with Crippen LogP contribution in [0, 0.1) is 0 Å². The molecule has 0 rings (SSSR count). The van der Waals surface area contributed by atoms with E-state index in [1.807, 2.05) is 20.1 Å². The second kappa shape index (κ2) is 2.81. The van der Waals surface area contributed by atoms with Crippen LogP contribution in [-0.4, -0.2) is 11.8 Å². The third kappa shape index (κ3) is 2.45. The number of hydrogen-bond acceptors (Lipinski definition) is 1. The third-order valence-corrected chi connectivity index (χ3v) is 1.50. The Hall–Kier alpha value is -0.590. The third-order valence-electron chi connectivity index (χ3n) is 1.50. The molecule has 0 saturated heterocycles. The molecule has 0 fully saturated rings. The van der Waals surface area contributed by atoms with E-state index in [2.05, 4.69) is 25.4 Å². The summed E-state index contributed by atoms with van der Waals surface area (Å²) < 4.78 is 0. The molecule has 0 aromatic rings. The number of hydrogen-bond donors (Lipinski definition) is 0. The average Bonchev–Trinajstić information content (AvgIpc) is 1.65. The van der Waals surface area contributed by atoms with Crippen molar-refractivity contribution in [2.45, 2.75) is 33.2 Å². The summed E-state index contributed by atoms with van der Waals surface area (Å²) in [7, 11) is 0. The number of nitrogens with zero attached hydrogens (tertiary/aromatic N) is 1. The molecule has 0 aliphatic heterocycles. The molecule has 52 valence electrons. The van der Waals surface area contributed by atoms with E-state index in [0.29, 0.717) is 0 Å². The Bertz CT molecular complexity index is 132. The lowest BCUT2D eigenvalue weighted by molar-refractivity contribution is 0.620. The quantitative estimate of drug-likeness (QED) is 0.397. The van der Waals surface area contributed by atoms with Gasteiger partial charge in [0.25, 0.3) is 0 Å². The van der Waals surface area contributed by atoms with Crippen molar-refractivity contribution < 1.29 is 0 Å². The fourth-order valence-corrected chi connectivity index (χ4v) is 0.433. The molecule has 1 heteroatoms. The van der Waals surface area contributed by atoms with E-state index in [1.165, 1.54) is 0 Å². The van der Waals surface area contributed by atoms with Gasteiger partial charge in [-0.2, -0.15) is 0 Å². The second-order valence-electron chi connectivity index (χ2n) is 2.73. The highest BCUT2D eigenvalue weighted by Crippen LogP contribution is 2.16. The van der Waals surface area contributed by atoms with Crippen molar-refractivity contribution >= 4 is 6.21 Å². The summed E-state index contributed by atoms with van der Waals surface area (Å²) in [5.41, 5.74) is 1.02. The zero-order chi connectivity index (χ0) is 7.49. The van der Waals surface area contributed by atoms with Crippen LogP contribution in [0.5, 0.6) is 0 Å². The van der Waals surface area contributed by atoms with Gasteiger partial charge in [0, 0.05) is 0 Å². The van der Waals surface area contributed by atoms with E-state index in [4.69, 9.17) is 0 Å². The van der Waals surface area contributed by atoms with Crippen molar-refractivity contribution in [3.05, 3.63) is 12.2 Å². The monoisotopic (exact) mass is 125 g/mol. The van der Waals surface area contributed by atoms with Crippen LogP contribution in [0.15, 0.2) is 17.1 Å². The van der Waals surface area contributed by atoms with E-state index >= 15 is 0 Å². The molecule has 0 saturated carbocycles. The van der Waals surface area contributed by atoms with Gasteiger partial charge in [-0.3, -0.25) is 4.99 Å². The van der Waals surface area contributed by atoms with Crippen molar-refractivity contribution in [1.82, 2.24) is 0 Å². The molecule has 0 bridgehead atoms. The van der Waals surface area contributed by atoms with Gasteiger partial charge in [0.2, 0.25) is 0 Å². The van der Waals surface area contributed by atoms with Crippen molar-refractivity contribution in [3.8, 4) is 0 Å². The van der Waals surface area contributed by atoms with Crippen LogP contribution in [0.3, 0.4) is 0 Å². The second-order valence-corrected chi connectivity index (χ2v) is 2.73. The van der Waals surface area contributed by atoms with Gasteiger partial charge in [-0.1, -0.05) is 12.2 Å². The van der Waals surface area contributed by atoms with Crippen molar-refractivity contribution in [2.75, 3.05) is 0 Å². The molecule has 0 unspecified atom stereocenters. The predicted octanol–water partition coefficient (Wildman–Crippen LogP) is 2.43. The molecule has 0 spiro atoms. The maximum atomic E-state index is 4.23. The first-order valence-electron chi connectivity index (χ1n) is 3.16. The molecule has 0 aromatic heterocycles. The SMILES string of the molecule is C=C(C)C(C)(C)N=CC. The summed E-state index contributed by atoms with van der Waals surface area (Å²) in [6.07, 6.45) is 1.81. The highest BCUT2D eigenvalue weighted by atomic mass is 14.8. The van der Waals surface area contributed by atoms with Crippen LogP contribution in [0.4, 0.5) is 0 Å². The topological polar surface area (TPSA) is 12.4 Å². The fourth-order valence-electron chi connectivity index (χ4n) is 0.433. The first-order valence-corrected chi connectivity index (χ1v) is 3.16. The Morgan fingerprint density at radius 1 is 1.56 bits per heavy atom. The van der Waals surface area contributed by atoms with Crippen molar-refractivity contribution in [1.29, 1.82) is 0 Å². The zero-order valence-corrected chi connectivity index (χ0v) is 6.73. The van der Waals surface area contributed by atoms with E-state index in [0.717, 1.165) is 5.57 Å². The maximum absolute atomic E-state index is 4.23. The van der Waals surface area contributed by atoms with Gasteiger partial charge >= 0.3 is 0 Å². The highest BCUT2D eigenvalue weighted by molar-refractivity contribution is 5.54. The van der Waals surface area contributed by atoms with E-state index in [9.17, 15) is 0 Å². The van der Waals surface area contributed by atoms with Crippen LogP contribution in [-0.2, 0) is 0 Å². The minimum atomic E-state index is -0.0747. The summed E-state index contributed by atoms with van der Waals surface area (Å²) in [6, 6.07) is 0. The molecule has 0 radical (unpaired) electrons. The highest BCUT2D eigenvalue weighted by Gasteiger charge is 2.14. The molecule has 0 aliphatic rings. The largest absolute Gasteiger partial charge is 0.287 e. The van der Waals surface area contributed by atoms with Crippen LogP contribution < -0.4 is 0 Å². The lowest BCUT2D eigenvalue weighted by Crippen LogP contribution is -2.17. The Morgan fingerprint density at radius 2 is 2.00 bits per heavy atom. The molecular formula is C8H15N.